The third-order valence-electron chi connectivity index (χ3n) is 2.63. The fraction of sp³-hybridized carbons (Fsp3) is 0.0769. The molecule has 0 unspecified atom stereocenters. The molecule has 20 heavy (non-hydrogen) atoms. The first-order valence-electron chi connectivity index (χ1n) is 5.78. The highest BCUT2D eigenvalue weighted by Crippen LogP contribution is 2.24. The second-order valence-electron chi connectivity index (χ2n) is 3.93. The average molecular weight is 283 g/mol. The van der Waals surface area contributed by atoms with Gasteiger partial charge in [-0.2, -0.15) is 15.6 Å². The lowest BCUT2D eigenvalue weighted by molar-refractivity contribution is 0.302. The predicted molar refractivity (Wildman–Crippen MR) is 73.0 cm³/mol. The van der Waals surface area contributed by atoms with E-state index in [0.29, 0.717) is 18.1 Å². The van der Waals surface area contributed by atoms with Gasteiger partial charge in [-0.15, -0.1) is 16.4 Å². The molecule has 0 aliphatic rings. The Morgan fingerprint density at radius 2 is 2.30 bits per heavy atom. The third kappa shape index (κ3) is 2.50. The molecule has 1 aromatic carbocycles. The van der Waals surface area contributed by atoms with E-state index in [9.17, 15) is 0 Å². The molecule has 2 aromatic heterocycles. The SMILES string of the molecule is N#Cc1n[nH]nc1-c1cccc(OCc2cscn2)c1. The summed E-state index contributed by atoms with van der Waals surface area (Å²) in [4.78, 5) is 4.15. The number of rotatable bonds is 4. The number of H-pyrrole nitrogens is 1. The van der Waals surface area contributed by atoms with Gasteiger partial charge in [0.25, 0.3) is 0 Å². The van der Waals surface area contributed by atoms with Crippen molar-refractivity contribution in [2.45, 2.75) is 6.61 Å². The van der Waals surface area contributed by atoms with Gasteiger partial charge in [0, 0.05) is 10.9 Å². The number of hydrogen-bond donors (Lipinski definition) is 1. The van der Waals surface area contributed by atoms with Crippen LogP contribution in [0.1, 0.15) is 11.4 Å². The van der Waals surface area contributed by atoms with Crippen molar-refractivity contribution < 1.29 is 4.74 Å². The van der Waals surface area contributed by atoms with E-state index in [-0.39, 0.29) is 5.69 Å². The van der Waals surface area contributed by atoms with Crippen LogP contribution in [0.25, 0.3) is 11.3 Å². The van der Waals surface area contributed by atoms with Crippen LogP contribution >= 0.6 is 11.3 Å². The van der Waals surface area contributed by atoms with Gasteiger partial charge in [-0.05, 0) is 12.1 Å². The Morgan fingerprint density at radius 3 is 3.10 bits per heavy atom. The minimum atomic E-state index is 0.265. The lowest BCUT2D eigenvalue weighted by Crippen LogP contribution is -1.95. The summed E-state index contributed by atoms with van der Waals surface area (Å²) in [6.45, 7) is 0.414. The van der Waals surface area contributed by atoms with Gasteiger partial charge < -0.3 is 4.74 Å². The van der Waals surface area contributed by atoms with Crippen molar-refractivity contribution in [3.63, 3.8) is 0 Å². The monoisotopic (exact) mass is 283 g/mol. The summed E-state index contributed by atoms with van der Waals surface area (Å²) in [5, 5.41) is 21.1. The van der Waals surface area contributed by atoms with E-state index in [0.717, 1.165) is 11.3 Å². The summed E-state index contributed by atoms with van der Waals surface area (Å²) < 4.78 is 5.67. The van der Waals surface area contributed by atoms with Crippen molar-refractivity contribution in [2.75, 3.05) is 0 Å². The second-order valence-corrected chi connectivity index (χ2v) is 4.65. The number of thiazole rings is 1. The van der Waals surface area contributed by atoms with Gasteiger partial charge in [0.2, 0.25) is 0 Å². The predicted octanol–water partition coefficient (Wildman–Crippen LogP) is 2.38. The minimum Gasteiger partial charge on any atom is -0.487 e. The zero-order valence-electron chi connectivity index (χ0n) is 10.3. The number of nitrogens with one attached hydrogen (secondary N) is 1. The number of benzene rings is 1. The molecule has 3 aromatic rings. The molecule has 0 atom stereocenters. The van der Waals surface area contributed by atoms with Crippen LogP contribution in [0.2, 0.25) is 0 Å². The Labute approximate surface area is 118 Å². The molecule has 0 aliphatic carbocycles. The van der Waals surface area contributed by atoms with Crippen LogP contribution in [0.3, 0.4) is 0 Å². The molecular weight excluding hydrogens is 274 g/mol. The van der Waals surface area contributed by atoms with Crippen molar-refractivity contribution in [1.82, 2.24) is 20.4 Å². The highest BCUT2D eigenvalue weighted by molar-refractivity contribution is 7.07. The summed E-state index contributed by atoms with van der Waals surface area (Å²) >= 11 is 1.53. The van der Waals surface area contributed by atoms with Crippen LogP contribution in [-0.2, 0) is 6.61 Å². The maximum absolute atomic E-state index is 8.96. The van der Waals surface area contributed by atoms with Gasteiger partial charge >= 0.3 is 0 Å². The number of ether oxygens (including phenoxy) is 1. The van der Waals surface area contributed by atoms with Crippen LogP contribution in [-0.4, -0.2) is 20.4 Å². The molecule has 0 saturated heterocycles. The molecule has 0 amide bonds. The Balaban J connectivity index is 1.81. The maximum Gasteiger partial charge on any atom is 0.190 e. The minimum absolute atomic E-state index is 0.265. The normalized spacial score (nSPS) is 10.2. The van der Waals surface area contributed by atoms with Gasteiger partial charge in [-0.3, -0.25) is 0 Å². The molecule has 0 radical (unpaired) electrons. The third-order valence-corrected chi connectivity index (χ3v) is 3.27. The van der Waals surface area contributed by atoms with E-state index in [1.807, 2.05) is 35.7 Å². The van der Waals surface area contributed by atoms with Crippen LogP contribution in [0, 0.1) is 11.3 Å². The molecular formula is C13H9N5OS. The van der Waals surface area contributed by atoms with E-state index in [2.05, 4.69) is 20.4 Å². The van der Waals surface area contributed by atoms with Crippen molar-refractivity contribution >= 4 is 11.3 Å². The quantitative estimate of drug-likeness (QED) is 0.794. The zero-order valence-corrected chi connectivity index (χ0v) is 11.1. The molecule has 0 fully saturated rings. The number of aromatic amines is 1. The van der Waals surface area contributed by atoms with Gasteiger partial charge in [0.15, 0.2) is 5.69 Å². The molecule has 3 rings (SSSR count). The van der Waals surface area contributed by atoms with Crippen molar-refractivity contribution in [1.29, 1.82) is 5.26 Å². The van der Waals surface area contributed by atoms with Crippen LogP contribution in [0.5, 0.6) is 5.75 Å². The Bertz CT molecular complexity index is 744. The standard InChI is InChI=1S/C13H9N5OS/c14-5-12-13(17-18-16-12)9-2-1-3-11(4-9)19-6-10-7-20-8-15-10/h1-4,7-8H,6H2,(H,16,17,18). The van der Waals surface area contributed by atoms with Crippen LogP contribution in [0.15, 0.2) is 35.2 Å². The summed E-state index contributed by atoms with van der Waals surface area (Å²) in [5.41, 5.74) is 4.22. The largest absolute Gasteiger partial charge is 0.487 e. The molecule has 6 nitrogen and oxygen atoms in total. The first-order chi connectivity index (χ1) is 9.86. The molecule has 0 saturated carbocycles. The number of hydrogen-bond acceptors (Lipinski definition) is 6. The van der Waals surface area contributed by atoms with Crippen LogP contribution < -0.4 is 4.74 Å². The molecule has 0 spiro atoms. The number of nitrogens with zero attached hydrogens (tertiary/aromatic N) is 4. The highest BCUT2D eigenvalue weighted by atomic mass is 32.1. The molecule has 0 aliphatic heterocycles. The first-order valence-corrected chi connectivity index (χ1v) is 6.72. The van der Waals surface area contributed by atoms with Crippen molar-refractivity contribution in [3.05, 3.63) is 46.5 Å². The van der Waals surface area contributed by atoms with E-state index < -0.39 is 0 Å². The Kier molecular flexibility index (Phi) is 3.39. The molecule has 2 heterocycles. The van der Waals surface area contributed by atoms with Gasteiger partial charge in [-0.25, -0.2) is 4.98 Å². The lowest BCUT2D eigenvalue weighted by Gasteiger charge is -2.05. The first kappa shape index (κ1) is 12.3. The second kappa shape index (κ2) is 5.50. The van der Waals surface area contributed by atoms with E-state index >= 15 is 0 Å². The topological polar surface area (TPSA) is 87.5 Å². The molecule has 98 valence electrons. The van der Waals surface area contributed by atoms with Gasteiger partial charge in [0.05, 0.1) is 11.2 Å². The fourth-order valence-corrected chi connectivity index (χ4v) is 2.25. The summed E-state index contributed by atoms with van der Waals surface area (Å²) in [5.74, 6) is 0.697. The summed E-state index contributed by atoms with van der Waals surface area (Å²) in [6.07, 6.45) is 0. The van der Waals surface area contributed by atoms with Crippen molar-refractivity contribution in [2.24, 2.45) is 0 Å². The summed E-state index contributed by atoms with van der Waals surface area (Å²) in [7, 11) is 0. The van der Waals surface area contributed by atoms with Crippen LogP contribution in [0.4, 0.5) is 0 Å². The Morgan fingerprint density at radius 1 is 1.35 bits per heavy atom. The maximum atomic E-state index is 8.96. The van der Waals surface area contributed by atoms with Crippen molar-refractivity contribution in [3.8, 4) is 23.1 Å². The fourth-order valence-electron chi connectivity index (χ4n) is 1.71. The van der Waals surface area contributed by atoms with E-state index in [1.54, 1.807) is 5.51 Å². The number of nitriles is 1. The highest BCUT2D eigenvalue weighted by Gasteiger charge is 2.10. The van der Waals surface area contributed by atoms with Gasteiger partial charge in [-0.1, -0.05) is 12.1 Å². The molecule has 0 bridgehead atoms. The Hall–Kier alpha value is -2.72. The average Bonchev–Trinajstić information content (AvgIpc) is 3.16. The molecule has 1 N–H and O–H groups in total. The zero-order chi connectivity index (χ0) is 13.8. The molecule has 7 heteroatoms. The van der Waals surface area contributed by atoms with E-state index in [4.69, 9.17) is 10.00 Å². The lowest BCUT2D eigenvalue weighted by atomic mass is 10.1. The summed E-state index contributed by atoms with van der Waals surface area (Å²) in [6, 6.07) is 9.37. The van der Waals surface area contributed by atoms with E-state index in [1.165, 1.54) is 11.3 Å². The smallest absolute Gasteiger partial charge is 0.190 e. The number of aromatic nitrogens is 4. The van der Waals surface area contributed by atoms with Gasteiger partial charge in [0.1, 0.15) is 24.1 Å².